The molecule has 11 heteroatoms. The van der Waals surface area contributed by atoms with Gasteiger partial charge < -0.3 is 14.6 Å². The molecule has 2 fully saturated rings. The summed E-state index contributed by atoms with van der Waals surface area (Å²) in [6.45, 7) is 25.9. The highest BCUT2D eigenvalue weighted by molar-refractivity contribution is 6.27. The van der Waals surface area contributed by atoms with Gasteiger partial charge in [-0.3, -0.25) is 9.79 Å². The molecule has 1 aliphatic carbocycles. The third-order valence-electron chi connectivity index (χ3n) is 14.9. The number of ether oxygens (including phenoxy) is 2. The van der Waals surface area contributed by atoms with Crippen molar-refractivity contribution in [2.45, 2.75) is 158 Å². The first-order chi connectivity index (χ1) is 31.5. The number of nitrogens with zero attached hydrogens (tertiary/aromatic N) is 4. The lowest BCUT2D eigenvalue weighted by atomic mass is 9.81. The van der Waals surface area contributed by atoms with E-state index in [0.717, 1.165) is 76.2 Å². The molecule has 1 N–H and O–H groups in total. The van der Waals surface area contributed by atoms with E-state index in [-0.39, 0.29) is 30.5 Å². The van der Waals surface area contributed by atoms with Crippen LogP contribution < -0.4 is 0 Å². The van der Waals surface area contributed by atoms with Crippen LogP contribution in [-0.4, -0.2) is 65.0 Å². The van der Waals surface area contributed by atoms with E-state index in [1.165, 1.54) is 57.6 Å². The Balaban J connectivity index is 1.12. The minimum atomic E-state index is -2.24. The minimum absolute atomic E-state index is 0.0961. The van der Waals surface area contributed by atoms with Crippen LogP contribution in [0.4, 0.5) is 0 Å². The predicted octanol–water partition coefficient (Wildman–Crippen LogP) is 11.8. The predicted molar refractivity (Wildman–Crippen MR) is 263 cm³/mol. The molecule has 1 saturated carbocycles. The van der Waals surface area contributed by atoms with Crippen molar-refractivity contribution in [1.82, 2.24) is 0 Å². The van der Waals surface area contributed by atoms with E-state index in [2.05, 4.69) is 55.0 Å². The topological polar surface area (TPSA) is 141 Å². The first kappa shape index (κ1) is 49.1. The van der Waals surface area contributed by atoms with Crippen molar-refractivity contribution >= 4 is 34.8 Å². The number of fused-ring (bicyclic) bond motifs is 7. The summed E-state index contributed by atoms with van der Waals surface area (Å²) in [5.74, 6) is -1.79. The second-order valence-electron chi connectivity index (χ2n) is 20.0. The van der Waals surface area contributed by atoms with Gasteiger partial charge in [-0.2, -0.15) is 4.89 Å². The van der Waals surface area contributed by atoms with Crippen molar-refractivity contribution in [2.75, 3.05) is 13.7 Å². The van der Waals surface area contributed by atoms with Crippen molar-refractivity contribution in [3.8, 4) is 0 Å². The summed E-state index contributed by atoms with van der Waals surface area (Å²) in [5, 5.41) is 12.4. The van der Waals surface area contributed by atoms with Gasteiger partial charge in [0.15, 0.2) is 0 Å². The molecule has 6 atom stereocenters. The van der Waals surface area contributed by atoms with Crippen LogP contribution in [0.25, 0.3) is 0 Å². The fourth-order valence-corrected chi connectivity index (χ4v) is 10.7. The van der Waals surface area contributed by atoms with Crippen LogP contribution in [0.1, 0.15) is 146 Å². The molecule has 0 aromatic rings. The molecule has 6 aliphatic heterocycles. The Morgan fingerprint density at radius 3 is 2.11 bits per heavy atom. The maximum Gasteiger partial charge on any atom is 0.352 e. The van der Waals surface area contributed by atoms with Crippen LogP contribution >= 0.6 is 0 Å². The van der Waals surface area contributed by atoms with Gasteiger partial charge in [0.1, 0.15) is 6.61 Å². The van der Waals surface area contributed by atoms with E-state index >= 15 is 0 Å². The molecule has 0 spiro atoms. The zero-order valence-corrected chi connectivity index (χ0v) is 41.4. The van der Waals surface area contributed by atoms with Crippen LogP contribution in [0, 0.1) is 29.6 Å². The van der Waals surface area contributed by atoms with Crippen molar-refractivity contribution in [3.63, 3.8) is 0 Å². The van der Waals surface area contributed by atoms with Crippen LogP contribution in [0.15, 0.2) is 124 Å². The lowest BCUT2D eigenvalue weighted by Gasteiger charge is -2.46. The number of hydrogen-bond donors (Lipinski definition) is 1. The molecule has 0 radical (unpaired) electrons. The zero-order valence-electron chi connectivity index (χ0n) is 41.4. The molecule has 0 amide bonds. The number of carbonyl (C=O) groups is 2. The maximum absolute atomic E-state index is 14.0. The van der Waals surface area contributed by atoms with Gasteiger partial charge in [-0.05, 0) is 118 Å². The molecule has 0 aromatic carbocycles. The van der Waals surface area contributed by atoms with Crippen LogP contribution in [-0.2, 0) is 28.8 Å². The Hall–Kier alpha value is -4.84. The van der Waals surface area contributed by atoms with E-state index in [4.69, 9.17) is 39.2 Å². The van der Waals surface area contributed by atoms with Crippen LogP contribution in [0.2, 0.25) is 0 Å². The summed E-state index contributed by atoms with van der Waals surface area (Å²) in [6.07, 6.45) is 22.1. The Morgan fingerprint density at radius 2 is 1.47 bits per heavy atom. The van der Waals surface area contributed by atoms with Gasteiger partial charge in [0.25, 0.3) is 11.4 Å². The lowest BCUT2D eigenvalue weighted by Crippen LogP contribution is -2.69. The highest BCUT2D eigenvalue weighted by Gasteiger charge is 2.81. The molecule has 354 valence electrons. The molecule has 11 nitrogen and oxygen atoms in total. The highest BCUT2D eigenvalue weighted by atomic mass is 17.3. The summed E-state index contributed by atoms with van der Waals surface area (Å²) >= 11 is 0. The number of methoxy groups -OCH3 is 1. The first-order valence-corrected chi connectivity index (χ1v) is 24.5. The monoisotopic (exact) mass is 901 g/mol. The fourth-order valence-electron chi connectivity index (χ4n) is 10.7. The summed E-state index contributed by atoms with van der Waals surface area (Å²) in [5.41, 5.74) is 9.30. The quantitative estimate of drug-likeness (QED) is 0.0728. The largest absolute Gasteiger partial charge is 0.466 e. The molecular weight excluding hydrogens is 829 g/mol. The number of hydrogen-bond acceptors (Lipinski definition) is 11. The molecule has 7 aliphatic rings. The molecule has 1 saturated heterocycles. The number of aliphatic hydroxyl groups is 1. The van der Waals surface area contributed by atoms with E-state index in [1.807, 2.05) is 51.2 Å². The van der Waals surface area contributed by atoms with Gasteiger partial charge in [-0.1, -0.05) is 105 Å². The number of allylic oxidation sites excluding steroid dienone is 11. The first-order valence-electron chi connectivity index (χ1n) is 24.5. The summed E-state index contributed by atoms with van der Waals surface area (Å²) in [7, 11) is 1.24. The minimum Gasteiger partial charge on any atom is -0.466 e. The van der Waals surface area contributed by atoms with E-state index in [0.29, 0.717) is 46.3 Å². The Labute approximate surface area is 392 Å². The Bertz CT molecular complexity index is 2430. The molecule has 7 rings (SSSR count). The number of carbonyl (C=O) groups excluding carboxylic acids is 2. The van der Waals surface area contributed by atoms with E-state index in [1.54, 1.807) is 0 Å². The average molecular weight is 901 g/mol. The van der Waals surface area contributed by atoms with Crippen LogP contribution in [0.3, 0.4) is 0 Å². The second kappa shape index (κ2) is 20.2. The molecule has 6 heterocycles. The van der Waals surface area contributed by atoms with Gasteiger partial charge >= 0.3 is 11.9 Å². The molecular formula is C55H72N4O7. The van der Waals surface area contributed by atoms with Gasteiger partial charge in [0.05, 0.1) is 52.6 Å². The van der Waals surface area contributed by atoms with E-state index in [9.17, 15) is 14.7 Å². The SMILES string of the molecule is C=CC1=C(C)C2=CC3=NC(=C4C5=NC(=CC6=NC(=CC1=N2)C(C)=C6CC)C(C)=C5C1(O)OOC41C(=O)OC)C(CCC(=O)OCC=C(C)CCCC(C)CCCC(C)CCCC(C)C)C3C. The molecule has 66 heavy (non-hydrogen) atoms. The second-order valence-corrected chi connectivity index (χ2v) is 20.0. The smallest absolute Gasteiger partial charge is 0.352 e. The normalized spacial score (nSPS) is 26.4. The standard InChI is InChI=1S/C55H72N4O7/c1-13-39-35(8)42-28-44-37(10)41(24-25-48(60)64-27-26-34(7)23-17-22-33(6)21-16-20-32(5)19-15-18-31(3)4)51(58-44)50-52-49(55(62)54(50,65-66-55)53(61)63-12)38(11)45(59-52)30-47-40(14-2)36(9)43(57-47)29-46(39)56-42/h13,26,28-33,37,41,62H,1,14-25,27H2,2-12H3. The fraction of sp³-hybridized carbons (Fsp3) is 0.564. The van der Waals surface area contributed by atoms with Crippen molar-refractivity contribution in [2.24, 2.45) is 49.6 Å². The van der Waals surface area contributed by atoms with Crippen molar-refractivity contribution < 1.29 is 33.9 Å². The van der Waals surface area contributed by atoms with Crippen molar-refractivity contribution in [1.29, 1.82) is 0 Å². The van der Waals surface area contributed by atoms with Gasteiger partial charge in [-0.15, -0.1) is 0 Å². The molecule has 8 bridgehead atoms. The van der Waals surface area contributed by atoms with Gasteiger partial charge in [0, 0.05) is 35.1 Å². The summed E-state index contributed by atoms with van der Waals surface area (Å²) < 4.78 is 11.1. The number of aliphatic imine (C=N–C) groups is 4. The number of esters is 2. The third kappa shape index (κ3) is 9.12. The van der Waals surface area contributed by atoms with Gasteiger partial charge in [0.2, 0.25) is 0 Å². The average Bonchev–Trinajstić information content (AvgIpc) is 3.98. The van der Waals surface area contributed by atoms with Gasteiger partial charge in [-0.25, -0.2) is 24.7 Å². The van der Waals surface area contributed by atoms with Crippen molar-refractivity contribution in [3.05, 3.63) is 104 Å². The Kier molecular flexibility index (Phi) is 15.0. The highest BCUT2D eigenvalue weighted by Crippen LogP contribution is 2.62. The lowest BCUT2D eigenvalue weighted by molar-refractivity contribution is -0.564. The summed E-state index contributed by atoms with van der Waals surface area (Å²) in [4.78, 5) is 59.4. The van der Waals surface area contributed by atoms with E-state index < -0.39 is 23.3 Å². The zero-order chi connectivity index (χ0) is 47.7. The maximum atomic E-state index is 14.0. The number of rotatable bonds is 20. The Morgan fingerprint density at radius 1 is 0.833 bits per heavy atom. The van der Waals surface area contributed by atoms with Crippen LogP contribution in [0.5, 0.6) is 0 Å². The molecule has 6 unspecified atom stereocenters. The third-order valence-corrected chi connectivity index (χ3v) is 14.9. The molecule has 0 aromatic heterocycles. The summed E-state index contributed by atoms with van der Waals surface area (Å²) in [6, 6.07) is 0.